The summed E-state index contributed by atoms with van der Waals surface area (Å²) in [5.41, 5.74) is 2.11. The van der Waals surface area contributed by atoms with Gasteiger partial charge in [-0.15, -0.1) is 0 Å². The van der Waals surface area contributed by atoms with Gasteiger partial charge in [-0.3, -0.25) is 4.79 Å². The van der Waals surface area contributed by atoms with Crippen LogP contribution in [0.25, 0.3) is 6.08 Å². The number of rotatable bonds is 7. The molecule has 6 nitrogen and oxygen atoms in total. The van der Waals surface area contributed by atoms with E-state index < -0.39 is 11.9 Å². The van der Waals surface area contributed by atoms with E-state index in [0.29, 0.717) is 22.8 Å². The van der Waals surface area contributed by atoms with Crippen LogP contribution in [0.3, 0.4) is 0 Å². The van der Waals surface area contributed by atoms with Gasteiger partial charge in [-0.25, -0.2) is 4.79 Å². The third-order valence-electron chi connectivity index (χ3n) is 4.30. The van der Waals surface area contributed by atoms with Crippen LogP contribution in [0.2, 0.25) is 0 Å². The molecule has 30 heavy (non-hydrogen) atoms. The number of nitrogens with one attached hydrogen (secondary N) is 1. The normalized spacial score (nSPS) is 11.2. The number of amides is 1. The SMILES string of the molecule is COc1cc(/C=C(\C#N)C(=O)NC(C)C)ccc1OC(=O)c1ccc(C(C)C)cc1. The standard InChI is InChI=1S/C24H26N2O4/c1-15(2)18-7-9-19(10-8-18)24(28)30-21-11-6-17(13-22(21)29-5)12-20(14-25)23(27)26-16(3)4/h6-13,15-16H,1-5H3,(H,26,27)/b20-12+. The molecule has 0 aliphatic carbocycles. The second-order valence-electron chi connectivity index (χ2n) is 7.37. The van der Waals surface area contributed by atoms with Crippen molar-refractivity contribution in [2.75, 3.05) is 7.11 Å². The molecule has 0 aliphatic rings. The Morgan fingerprint density at radius 1 is 1.03 bits per heavy atom. The smallest absolute Gasteiger partial charge is 0.343 e. The molecule has 0 unspecified atom stereocenters. The minimum Gasteiger partial charge on any atom is -0.493 e. The highest BCUT2D eigenvalue weighted by Gasteiger charge is 2.15. The van der Waals surface area contributed by atoms with E-state index in [0.717, 1.165) is 5.56 Å². The van der Waals surface area contributed by atoms with Gasteiger partial charge in [0.25, 0.3) is 5.91 Å². The zero-order valence-corrected chi connectivity index (χ0v) is 17.9. The summed E-state index contributed by atoms with van der Waals surface area (Å²) in [6, 6.07) is 13.9. The van der Waals surface area contributed by atoms with Gasteiger partial charge in [0.15, 0.2) is 11.5 Å². The van der Waals surface area contributed by atoms with Gasteiger partial charge in [0.1, 0.15) is 11.6 Å². The van der Waals surface area contributed by atoms with Gasteiger partial charge in [-0.1, -0.05) is 32.0 Å². The number of hydrogen-bond acceptors (Lipinski definition) is 5. The van der Waals surface area contributed by atoms with Gasteiger partial charge in [0.05, 0.1) is 12.7 Å². The van der Waals surface area contributed by atoms with Crippen molar-refractivity contribution in [2.24, 2.45) is 0 Å². The van der Waals surface area contributed by atoms with Crippen LogP contribution in [0.4, 0.5) is 0 Å². The second-order valence-corrected chi connectivity index (χ2v) is 7.37. The number of esters is 1. The van der Waals surface area contributed by atoms with Crippen molar-refractivity contribution >= 4 is 18.0 Å². The van der Waals surface area contributed by atoms with E-state index in [1.165, 1.54) is 13.2 Å². The Morgan fingerprint density at radius 2 is 1.70 bits per heavy atom. The second kappa shape index (κ2) is 10.3. The molecule has 2 aromatic carbocycles. The van der Waals surface area contributed by atoms with Gasteiger partial charge in [0.2, 0.25) is 0 Å². The predicted molar refractivity (Wildman–Crippen MR) is 115 cm³/mol. The van der Waals surface area contributed by atoms with E-state index in [1.54, 1.807) is 30.3 Å². The zero-order chi connectivity index (χ0) is 22.3. The molecule has 1 N–H and O–H groups in total. The molecule has 156 valence electrons. The lowest BCUT2D eigenvalue weighted by Gasteiger charge is -2.11. The lowest BCUT2D eigenvalue weighted by Crippen LogP contribution is -2.30. The van der Waals surface area contributed by atoms with Crippen molar-refractivity contribution in [3.05, 3.63) is 64.7 Å². The quantitative estimate of drug-likeness (QED) is 0.317. The van der Waals surface area contributed by atoms with Crippen molar-refractivity contribution < 1.29 is 19.1 Å². The van der Waals surface area contributed by atoms with Crippen LogP contribution in [0, 0.1) is 11.3 Å². The first-order chi connectivity index (χ1) is 14.2. The first-order valence-electron chi connectivity index (χ1n) is 9.68. The lowest BCUT2D eigenvalue weighted by molar-refractivity contribution is -0.117. The monoisotopic (exact) mass is 406 g/mol. The molecule has 0 aliphatic heterocycles. The molecular formula is C24H26N2O4. The maximum absolute atomic E-state index is 12.5. The van der Waals surface area contributed by atoms with E-state index >= 15 is 0 Å². The molecular weight excluding hydrogens is 380 g/mol. The highest BCUT2D eigenvalue weighted by Crippen LogP contribution is 2.30. The Balaban J connectivity index is 2.23. The molecule has 0 fully saturated rings. The van der Waals surface area contributed by atoms with Crippen LogP contribution >= 0.6 is 0 Å². The fourth-order valence-electron chi connectivity index (χ4n) is 2.68. The van der Waals surface area contributed by atoms with Gasteiger partial charge in [-0.2, -0.15) is 5.26 Å². The molecule has 0 spiro atoms. The minimum atomic E-state index is -0.499. The van der Waals surface area contributed by atoms with Gasteiger partial charge >= 0.3 is 5.97 Å². The first-order valence-corrected chi connectivity index (χ1v) is 9.68. The average molecular weight is 406 g/mol. The number of benzene rings is 2. The van der Waals surface area contributed by atoms with Crippen LogP contribution in [-0.2, 0) is 4.79 Å². The van der Waals surface area contributed by atoms with E-state index in [9.17, 15) is 14.9 Å². The van der Waals surface area contributed by atoms with Crippen molar-refractivity contribution in [1.82, 2.24) is 5.32 Å². The summed E-state index contributed by atoms with van der Waals surface area (Å²) in [5.74, 6) is -0.0143. The van der Waals surface area contributed by atoms with E-state index in [2.05, 4.69) is 19.2 Å². The number of ether oxygens (including phenoxy) is 2. The molecule has 2 aromatic rings. The number of methoxy groups -OCH3 is 1. The van der Waals surface area contributed by atoms with Crippen molar-refractivity contribution in [1.29, 1.82) is 5.26 Å². The number of nitriles is 1. The van der Waals surface area contributed by atoms with Crippen LogP contribution < -0.4 is 14.8 Å². The minimum absolute atomic E-state index is 0.0271. The summed E-state index contributed by atoms with van der Waals surface area (Å²) in [6.07, 6.45) is 1.45. The molecule has 0 heterocycles. The number of hydrogen-bond donors (Lipinski definition) is 1. The number of carbonyl (C=O) groups is 2. The number of nitrogens with zero attached hydrogens (tertiary/aromatic N) is 1. The molecule has 2 rings (SSSR count). The summed E-state index contributed by atoms with van der Waals surface area (Å²) in [4.78, 5) is 24.6. The highest BCUT2D eigenvalue weighted by molar-refractivity contribution is 6.01. The van der Waals surface area contributed by atoms with E-state index in [4.69, 9.17) is 9.47 Å². The highest BCUT2D eigenvalue weighted by atomic mass is 16.6. The van der Waals surface area contributed by atoms with Gasteiger partial charge < -0.3 is 14.8 Å². The molecule has 0 atom stereocenters. The Labute approximate surface area is 177 Å². The summed E-state index contributed by atoms with van der Waals surface area (Å²) in [6.45, 7) is 7.79. The molecule has 6 heteroatoms. The first kappa shape index (κ1) is 22.7. The Morgan fingerprint density at radius 3 is 2.23 bits per heavy atom. The number of carbonyl (C=O) groups excluding carboxylic acids is 2. The molecule has 0 bridgehead atoms. The van der Waals surface area contributed by atoms with E-state index in [-0.39, 0.29) is 17.4 Å². The topological polar surface area (TPSA) is 88.4 Å². The molecule has 0 saturated heterocycles. The largest absolute Gasteiger partial charge is 0.493 e. The molecule has 0 radical (unpaired) electrons. The molecule has 0 aromatic heterocycles. The van der Waals surface area contributed by atoms with E-state index in [1.807, 2.05) is 32.0 Å². The summed E-state index contributed by atoms with van der Waals surface area (Å²) < 4.78 is 10.8. The third kappa shape index (κ3) is 5.95. The Hall–Kier alpha value is -3.59. The van der Waals surface area contributed by atoms with Gasteiger partial charge in [-0.05, 0) is 61.2 Å². The maximum atomic E-state index is 12.5. The van der Waals surface area contributed by atoms with Crippen LogP contribution in [0.15, 0.2) is 48.0 Å². The molecule has 1 amide bonds. The summed E-state index contributed by atoms with van der Waals surface area (Å²) in [5, 5.41) is 11.9. The predicted octanol–water partition coefficient (Wildman–Crippen LogP) is 4.47. The Kier molecular flexibility index (Phi) is 7.76. The maximum Gasteiger partial charge on any atom is 0.343 e. The molecule has 0 saturated carbocycles. The average Bonchev–Trinajstić information content (AvgIpc) is 2.72. The summed E-state index contributed by atoms with van der Waals surface area (Å²) in [7, 11) is 1.45. The van der Waals surface area contributed by atoms with Crippen LogP contribution in [-0.4, -0.2) is 25.0 Å². The van der Waals surface area contributed by atoms with Crippen molar-refractivity contribution in [2.45, 2.75) is 39.7 Å². The van der Waals surface area contributed by atoms with Crippen molar-refractivity contribution in [3.8, 4) is 17.6 Å². The summed E-state index contributed by atoms with van der Waals surface area (Å²) >= 11 is 0. The Bertz CT molecular complexity index is 983. The van der Waals surface area contributed by atoms with Crippen LogP contribution in [0.5, 0.6) is 11.5 Å². The third-order valence-corrected chi connectivity index (χ3v) is 4.30. The van der Waals surface area contributed by atoms with Crippen LogP contribution in [0.1, 0.15) is 55.1 Å². The zero-order valence-electron chi connectivity index (χ0n) is 17.9. The van der Waals surface area contributed by atoms with Crippen molar-refractivity contribution in [3.63, 3.8) is 0 Å². The lowest BCUT2D eigenvalue weighted by atomic mass is 10.0. The van der Waals surface area contributed by atoms with Gasteiger partial charge in [0, 0.05) is 6.04 Å². The fourth-order valence-corrected chi connectivity index (χ4v) is 2.68. The fraction of sp³-hybridized carbons (Fsp3) is 0.292.